The van der Waals surface area contributed by atoms with Crippen LogP contribution in [0.15, 0.2) is 142 Å². The van der Waals surface area contributed by atoms with Gasteiger partial charge in [-0.15, -0.1) is 11.8 Å². The van der Waals surface area contributed by atoms with Gasteiger partial charge in [-0.2, -0.15) is 0 Å². The Hall–Kier alpha value is -6.00. The van der Waals surface area contributed by atoms with Crippen molar-refractivity contribution in [3.63, 3.8) is 0 Å². The van der Waals surface area contributed by atoms with Crippen molar-refractivity contribution in [2.24, 2.45) is 0 Å². The van der Waals surface area contributed by atoms with Crippen LogP contribution in [-0.2, 0) is 9.59 Å². The van der Waals surface area contributed by atoms with Crippen LogP contribution >= 0.6 is 11.8 Å². The highest BCUT2D eigenvalue weighted by atomic mass is 32.2. The molecule has 0 aliphatic carbocycles. The molecule has 8 nitrogen and oxygen atoms in total. The van der Waals surface area contributed by atoms with E-state index in [9.17, 15) is 18.8 Å². The molecule has 0 atom stereocenters. The zero-order valence-corrected chi connectivity index (χ0v) is 25.6. The van der Waals surface area contributed by atoms with Gasteiger partial charge in [-0.05, 0) is 84.9 Å². The summed E-state index contributed by atoms with van der Waals surface area (Å²) in [7, 11) is 0. The molecule has 47 heavy (non-hydrogen) atoms. The summed E-state index contributed by atoms with van der Waals surface area (Å²) in [6.07, 6.45) is 1.29. The number of benzene rings is 5. The van der Waals surface area contributed by atoms with Crippen LogP contribution in [0.4, 0.5) is 15.8 Å². The van der Waals surface area contributed by atoms with Gasteiger partial charge in [0.05, 0.1) is 5.75 Å². The second kappa shape index (κ2) is 14.4. The molecular weight excluding hydrogens is 615 g/mol. The number of carbonyl (C=O) groups excluding carboxylic acids is 3. The van der Waals surface area contributed by atoms with Gasteiger partial charge >= 0.3 is 0 Å². The van der Waals surface area contributed by atoms with Gasteiger partial charge in [0.1, 0.15) is 17.0 Å². The highest BCUT2D eigenvalue weighted by Crippen LogP contribution is 2.26. The highest BCUT2D eigenvalue weighted by Gasteiger charge is 2.16. The Morgan fingerprint density at radius 3 is 2.15 bits per heavy atom. The first kappa shape index (κ1) is 31.0. The highest BCUT2D eigenvalue weighted by molar-refractivity contribution is 8.00. The van der Waals surface area contributed by atoms with Crippen LogP contribution in [0.3, 0.4) is 0 Å². The first-order valence-corrected chi connectivity index (χ1v) is 15.5. The molecule has 0 aliphatic rings. The summed E-state index contributed by atoms with van der Waals surface area (Å²) in [6.45, 7) is 0. The summed E-state index contributed by atoms with van der Waals surface area (Å²) < 4.78 is 20.2. The Labute approximate surface area is 273 Å². The first-order chi connectivity index (χ1) is 22.9. The summed E-state index contributed by atoms with van der Waals surface area (Å²) in [5.74, 6) is -1.17. The van der Waals surface area contributed by atoms with Crippen LogP contribution in [0.5, 0.6) is 0 Å². The SMILES string of the molecule is O=C(CSc1ccc(NC(=O)/C(=C/c2ccccc2F)NC(=O)c2ccccc2)cc1)Nc1ccc(-c2nc3ccccc3o2)cc1. The standard InChI is InChI=1S/C37H27FN4O4S/c38-30-11-5-4-10-26(30)22-32(41-35(44)24-8-2-1-3-9-24)36(45)40-28-18-20-29(21-19-28)47-23-34(43)39-27-16-14-25(15-17-27)37-42-31-12-6-7-13-33(31)46-37/h1-22H,23H2,(H,39,43)(H,40,45)(H,41,44)/b32-22-. The Kier molecular flexibility index (Phi) is 9.50. The predicted molar refractivity (Wildman–Crippen MR) is 182 cm³/mol. The molecule has 0 fully saturated rings. The number of carbonyl (C=O) groups is 3. The van der Waals surface area contributed by atoms with E-state index in [-0.39, 0.29) is 22.9 Å². The maximum atomic E-state index is 14.4. The molecule has 0 spiro atoms. The molecule has 6 aromatic rings. The minimum atomic E-state index is -0.626. The fourth-order valence-corrected chi connectivity index (χ4v) is 5.26. The lowest BCUT2D eigenvalue weighted by Gasteiger charge is -2.12. The van der Waals surface area contributed by atoms with E-state index in [0.29, 0.717) is 28.4 Å². The maximum absolute atomic E-state index is 14.4. The van der Waals surface area contributed by atoms with E-state index in [4.69, 9.17) is 4.42 Å². The fraction of sp³-hybridized carbons (Fsp3) is 0.0270. The van der Waals surface area contributed by atoms with E-state index in [1.54, 1.807) is 72.8 Å². The molecule has 0 saturated carbocycles. The second-order valence-electron chi connectivity index (χ2n) is 10.3. The van der Waals surface area contributed by atoms with Crippen molar-refractivity contribution in [1.29, 1.82) is 0 Å². The minimum absolute atomic E-state index is 0.124. The summed E-state index contributed by atoms with van der Waals surface area (Å²) in [4.78, 5) is 44.0. The van der Waals surface area contributed by atoms with Gasteiger partial charge in [0.2, 0.25) is 11.8 Å². The van der Waals surface area contributed by atoms with Crippen LogP contribution in [0.1, 0.15) is 15.9 Å². The largest absolute Gasteiger partial charge is 0.436 e. The third-order valence-corrected chi connectivity index (χ3v) is 7.94. The third kappa shape index (κ3) is 7.99. The van der Waals surface area contributed by atoms with Gasteiger partial charge in [-0.1, -0.05) is 48.5 Å². The van der Waals surface area contributed by atoms with Gasteiger partial charge in [0, 0.05) is 33.0 Å². The average molecular weight is 643 g/mol. The Morgan fingerprint density at radius 2 is 1.40 bits per heavy atom. The molecule has 5 aromatic carbocycles. The molecule has 0 aliphatic heterocycles. The molecule has 232 valence electrons. The van der Waals surface area contributed by atoms with Crippen LogP contribution in [0, 0.1) is 5.82 Å². The lowest BCUT2D eigenvalue weighted by molar-refractivity contribution is -0.114. The Bertz CT molecular complexity index is 2050. The lowest BCUT2D eigenvalue weighted by atomic mass is 10.1. The van der Waals surface area contributed by atoms with Crippen molar-refractivity contribution in [3.05, 3.63) is 150 Å². The zero-order chi connectivity index (χ0) is 32.6. The molecule has 1 aromatic heterocycles. The van der Waals surface area contributed by atoms with Crippen LogP contribution in [0.25, 0.3) is 28.6 Å². The monoisotopic (exact) mass is 642 g/mol. The van der Waals surface area contributed by atoms with E-state index in [0.717, 1.165) is 16.0 Å². The number of halogens is 1. The molecule has 0 bridgehead atoms. The molecule has 3 N–H and O–H groups in total. The van der Waals surface area contributed by atoms with Crippen LogP contribution in [-0.4, -0.2) is 28.5 Å². The van der Waals surface area contributed by atoms with Gasteiger partial charge in [-0.25, -0.2) is 9.37 Å². The zero-order valence-electron chi connectivity index (χ0n) is 24.8. The summed E-state index contributed by atoms with van der Waals surface area (Å²) in [5, 5.41) is 8.22. The third-order valence-electron chi connectivity index (χ3n) is 6.93. The number of para-hydroxylation sites is 2. The number of nitrogens with one attached hydrogen (secondary N) is 3. The number of hydrogen-bond donors (Lipinski definition) is 3. The van der Waals surface area contributed by atoms with Crippen molar-refractivity contribution in [1.82, 2.24) is 10.3 Å². The van der Waals surface area contributed by atoms with Crippen molar-refractivity contribution in [2.75, 3.05) is 16.4 Å². The van der Waals surface area contributed by atoms with Crippen molar-refractivity contribution >= 4 is 58.0 Å². The summed E-state index contributed by atoms with van der Waals surface area (Å²) in [6, 6.07) is 36.1. The van der Waals surface area contributed by atoms with E-state index < -0.39 is 17.6 Å². The van der Waals surface area contributed by atoms with Gasteiger partial charge in [-0.3, -0.25) is 14.4 Å². The number of anilines is 2. The second-order valence-corrected chi connectivity index (χ2v) is 11.3. The fourth-order valence-electron chi connectivity index (χ4n) is 4.56. The summed E-state index contributed by atoms with van der Waals surface area (Å²) >= 11 is 1.33. The number of nitrogens with zero attached hydrogens (tertiary/aromatic N) is 1. The summed E-state index contributed by atoms with van der Waals surface area (Å²) in [5.41, 5.74) is 3.76. The Morgan fingerprint density at radius 1 is 0.745 bits per heavy atom. The quantitative estimate of drug-likeness (QED) is 0.104. The van der Waals surface area contributed by atoms with E-state index in [1.165, 1.54) is 36.0 Å². The predicted octanol–water partition coefficient (Wildman–Crippen LogP) is 7.77. The number of oxazole rings is 1. The number of amides is 3. The lowest BCUT2D eigenvalue weighted by Crippen LogP contribution is -2.30. The number of hydrogen-bond acceptors (Lipinski definition) is 6. The average Bonchev–Trinajstić information content (AvgIpc) is 3.54. The smallest absolute Gasteiger partial charge is 0.272 e. The van der Waals surface area contributed by atoms with Crippen molar-refractivity contribution in [3.8, 4) is 11.5 Å². The molecule has 1 heterocycles. The number of thioether (sulfide) groups is 1. The number of fused-ring (bicyclic) bond motifs is 1. The molecule has 0 saturated heterocycles. The molecule has 3 amide bonds. The van der Waals surface area contributed by atoms with Crippen LogP contribution in [0.2, 0.25) is 0 Å². The van der Waals surface area contributed by atoms with Crippen molar-refractivity contribution in [2.45, 2.75) is 4.90 Å². The minimum Gasteiger partial charge on any atom is -0.436 e. The van der Waals surface area contributed by atoms with Gasteiger partial charge in [0.15, 0.2) is 5.58 Å². The van der Waals surface area contributed by atoms with Gasteiger partial charge in [0.25, 0.3) is 11.8 Å². The van der Waals surface area contributed by atoms with E-state index in [2.05, 4.69) is 20.9 Å². The number of rotatable bonds is 10. The Balaban J connectivity index is 1.04. The molecule has 0 unspecified atom stereocenters. The molecule has 0 radical (unpaired) electrons. The number of aromatic nitrogens is 1. The molecule has 6 rings (SSSR count). The van der Waals surface area contributed by atoms with E-state index in [1.807, 2.05) is 36.4 Å². The van der Waals surface area contributed by atoms with Gasteiger partial charge < -0.3 is 20.4 Å². The van der Waals surface area contributed by atoms with E-state index >= 15 is 0 Å². The maximum Gasteiger partial charge on any atom is 0.272 e. The molecule has 10 heteroatoms. The van der Waals surface area contributed by atoms with Crippen molar-refractivity contribution < 1.29 is 23.2 Å². The topological polar surface area (TPSA) is 113 Å². The molecular formula is C37H27FN4O4S. The normalized spacial score (nSPS) is 11.2. The first-order valence-electron chi connectivity index (χ1n) is 14.5. The van der Waals surface area contributed by atoms with Crippen LogP contribution < -0.4 is 16.0 Å².